The van der Waals surface area contributed by atoms with Crippen molar-refractivity contribution >= 4 is 31.9 Å². The van der Waals surface area contributed by atoms with Crippen molar-refractivity contribution in [1.82, 2.24) is 0 Å². The number of benzene rings is 1. The standard InChI is InChI=1S/C13H17Br2F/c1-3-13(4-2,9-14)8-10-5-6-11(16)7-12(10)15/h5-7H,3-4,8-9H2,1-2H3. The molecular formula is C13H17Br2F. The Hall–Kier alpha value is 0.110. The first-order valence-corrected chi connectivity index (χ1v) is 7.48. The Morgan fingerprint density at radius 2 is 1.88 bits per heavy atom. The van der Waals surface area contributed by atoms with Crippen LogP contribution in [-0.2, 0) is 6.42 Å². The van der Waals surface area contributed by atoms with E-state index in [1.807, 2.05) is 6.07 Å². The van der Waals surface area contributed by atoms with E-state index in [9.17, 15) is 4.39 Å². The topological polar surface area (TPSA) is 0 Å². The minimum absolute atomic E-state index is 0.187. The molecule has 0 amide bonds. The molecule has 16 heavy (non-hydrogen) atoms. The molecule has 3 heteroatoms. The molecule has 0 aliphatic heterocycles. The Labute approximate surface area is 114 Å². The Kier molecular flexibility index (Phi) is 5.45. The zero-order valence-electron chi connectivity index (χ0n) is 9.69. The molecule has 0 aromatic heterocycles. The van der Waals surface area contributed by atoms with E-state index >= 15 is 0 Å². The predicted octanol–water partition coefficient (Wildman–Crippen LogP) is 5.33. The molecule has 1 aromatic carbocycles. The first kappa shape index (κ1) is 14.2. The van der Waals surface area contributed by atoms with Crippen molar-refractivity contribution in [2.45, 2.75) is 33.1 Å². The van der Waals surface area contributed by atoms with Gasteiger partial charge in [-0.05, 0) is 42.4 Å². The largest absolute Gasteiger partial charge is 0.207 e. The van der Waals surface area contributed by atoms with E-state index in [2.05, 4.69) is 45.7 Å². The van der Waals surface area contributed by atoms with Crippen LogP contribution in [0.15, 0.2) is 22.7 Å². The van der Waals surface area contributed by atoms with Crippen LogP contribution in [-0.4, -0.2) is 5.33 Å². The third kappa shape index (κ3) is 3.30. The molecule has 0 saturated carbocycles. The fraction of sp³-hybridized carbons (Fsp3) is 0.538. The van der Waals surface area contributed by atoms with Gasteiger partial charge in [-0.1, -0.05) is 51.8 Å². The van der Waals surface area contributed by atoms with Crippen molar-refractivity contribution in [3.05, 3.63) is 34.1 Å². The number of hydrogen-bond acceptors (Lipinski definition) is 0. The lowest BCUT2D eigenvalue weighted by Gasteiger charge is -2.30. The summed E-state index contributed by atoms with van der Waals surface area (Å²) < 4.78 is 13.9. The monoisotopic (exact) mass is 350 g/mol. The van der Waals surface area contributed by atoms with E-state index in [0.717, 1.165) is 29.1 Å². The Balaban J connectivity index is 2.93. The molecule has 1 rings (SSSR count). The third-order valence-electron chi connectivity index (χ3n) is 3.36. The van der Waals surface area contributed by atoms with Crippen LogP contribution in [0, 0.1) is 11.2 Å². The lowest BCUT2D eigenvalue weighted by molar-refractivity contribution is 0.306. The molecule has 0 spiro atoms. The fourth-order valence-corrected chi connectivity index (χ4v) is 3.29. The average molecular weight is 352 g/mol. The van der Waals surface area contributed by atoms with Crippen molar-refractivity contribution in [2.24, 2.45) is 5.41 Å². The van der Waals surface area contributed by atoms with E-state index in [0.29, 0.717) is 0 Å². The highest BCUT2D eigenvalue weighted by Crippen LogP contribution is 2.35. The van der Waals surface area contributed by atoms with Gasteiger partial charge in [-0.15, -0.1) is 0 Å². The van der Waals surface area contributed by atoms with Gasteiger partial charge in [0.1, 0.15) is 5.82 Å². The molecule has 0 nitrogen and oxygen atoms in total. The highest BCUT2D eigenvalue weighted by atomic mass is 79.9. The molecule has 0 aliphatic rings. The summed E-state index contributed by atoms with van der Waals surface area (Å²) in [5, 5.41) is 0.983. The normalized spacial score (nSPS) is 11.8. The molecular weight excluding hydrogens is 335 g/mol. The molecule has 0 unspecified atom stereocenters. The van der Waals surface area contributed by atoms with Crippen molar-refractivity contribution in [3.8, 4) is 0 Å². The second kappa shape index (κ2) is 6.15. The summed E-state index contributed by atoms with van der Waals surface area (Å²) in [6.45, 7) is 4.42. The van der Waals surface area contributed by atoms with Crippen LogP contribution in [0.2, 0.25) is 0 Å². The minimum Gasteiger partial charge on any atom is -0.207 e. The summed E-state index contributed by atoms with van der Waals surface area (Å²) in [5.74, 6) is -0.187. The zero-order valence-corrected chi connectivity index (χ0v) is 12.9. The Bertz CT molecular complexity index is 338. The highest BCUT2D eigenvalue weighted by Gasteiger charge is 2.25. The molecule has 1 aromatic rings. The summed E-state index contributed by atoms with van der Waals surface area (Å²) in [6.07, 6.45) is 3.23. The first-order chi connectivity index (χ1) is 7.56. The molecule has 0 aliphatic carbocycles. The third-order valence-corrected chi connectivity index (χ3v) is 5.29. The van der Waals surface area contributed by atoms with Gasteiger partial charge in [-0.3, -0.25) is 0 Å². The maximum absolute atomic E-state index is 13.0. The van der Waals surface area contributed by atoms with Gasteiger partial charge in [0.15, 0.2) is 0 Å². The molecule has 0 bridgehead atoms. The summed E-state index contributed by atoms with van der Waals surface area (Å²) in [4.78, 5) is 0. The van der Waals surface area contributed by atoms with Gasteiger partial charge in [0, 0.05) is 9.80 Å². The van der Waals surface area contributed by atoms with Gasteiger partial charge in [-0.2, -0.15) is 0 Å². The van der Waals surface area contributed by atoms with Crippen LogP contribution in [0.25, 0.3) is 0 Å². The molecule has 0 radical (unpaired) electrons. The van der Waals surface area contributed by atoms with Crippen molar-refractivity contribution in [2.75, 3.05) is 5.33 Å². The van der Waals surface area contributed by atoms with Crippen molar-refractivity contribution in [1.29, 1.82) is 0 Å². The summed E-state index contributed by atoms with van der Waals surface area (Å²) in [6, 6.07) is 4.95. The van der Waals surface area contributed by atoms with Crippen LogP contribution < -0.4 is 0 Å². The van der Waals surface area contributed by atoms with Gasteiger partial charge in [0.05, 0.1) is 0 Å². The van der Waals surface area contributed by atoms with Crippen LogP contribution in [0.4, 0.5) is 4.39 Å². The van der Waals surface area contributed by atoms with Crippen LogP contribution in [0.1, 0.15) is 32.3 Å². The summed E-state index contributed by atoms with van der Waals surface area (Å²) in [7, 11) is 0. The highest BCUT2D eigenvalue weighted by molar-refractivity contribution is 9.10. The summed E-state index contributed by atoms with van der Waals surface area (Å²) in [5.41, 5.74) is 1.46. The zero-order chi connectivity index (χ0) is 12.2. The van der Waals surface area contributed by atoms with Crippen molar-refractivity contribution < 1.29 is 4.39 Å². The van der Waals surface area contributed by atoms with Gasteiger partial charge >= 0.3 is 0 Å². The average Bonchev–Trinajstić information content (AvgIpc) is 2.29. The van der Waals surface area contributed by atoms with Gasteiger partial charge in [-0.25, -0.2) is 4.39 Å². The van der Waals surface area contributed by atoms with E-state index < -0.39 is 0 Å². The Morgan fingerprint density at radius 1 is 1.25 bits per heavy atom. The number of rotatable bonds is 5. The molecule has 0 N–H and O–H groups in total. The van der Waals surface area contributed by atoms with Gasteiger partial charge in [0.25, 0.3) is 0 Å². The number of alkyl halides is 1. The lowest BCUT2D eigenvalue weighted by atomic mass is 9.79. The molecule has 0 fully saturated rings. The predicted molar refractivity (Wildman–Crippen MR) is 74.6 cm³/mol. The Morgan fingerprint density at radius 3 is 2.31 bits per heavy atom. The second-order valence-corrected chi connectivity index (χ2v) is 5.67. The summed E-state index contributed by atoms with van der Waals surface area (Å²) >= 11 is 7.03. The minimum atomic E-state index is -0.187. The second-order valence-electron chi connectivity index (χ2n) is 4.25. The van der Waals surface area contributed by atoms with Gasteiger partial charge < -0.3 is 0 Å². The van der Waals surface area contributed by atoms with Crippen molar-refractivity contribution in [3.63, 3.8) is 0 Å². The SMILES string of the molecule is CCC(CC)(CBr)Cc1ccc(F)cc1Br. The molecule has 0 heterocycles. The van der Waals surface area contributed by atoms with Crippen LogP contribution in [0.3, 0.4) is 0 Å². The van der Waals surface area contributed by atoms with Crippen LogP contribution in [0.5, 0.6) is 0 Å². The van der Waals surface area contributed by atoms with E-state index in [1.54, 1.807) is 6.07 Å². The maximum Gasteiger partial charge on any atom is 0.124 e. The molecule has 0 atom stereocenters. The smallest absolute Gasteiger partial charge is 0.124 e. The first-order valence-electron chi connectivity index (χ1n) is 5.57. The number of halogens is 3. The van der Waals surface area contributed by atoms with Crippen LogP contribution >= 0.6 is 31.9 Å². The molecule has 90 valence electrons. The van der Waals surface area contributed by atoms with Gasteiger partial charge in [0.2, 0.25) is 0 Å². The maximum atomic E-state index is 13.0. The molecule has 0 saturated heterocycles. The fourth-order valence-electron chi connectivity index (χ4n) is 1.81. The lowest BCUT2D eigenvalue weighted by Crippen LogP contribution is -2.24. The van der Waals surface area contributed by atoms with E-state index in [4.69, 9.17) is 0 Å². The van der Waals surface area contributed by atoms with E-state index in [-0.39, 0.29) is 11.2 Å². The van der Waals surface area contributed by atoms with E-state index in [1.165, 1.54) is 11.6 Å². The number of hydrogen-bond donors (Lipinski definition) is 0. The quantitative estimate of drug-likeness (QED) is 0.629.